The van der Waals surface area contributed by atoms with Gasteiger partial charge in [0.25, 0.3) is 0 Å². The number of rotatable bonds is 3. The zero-order valence-electron chi connectivity index (χ0n) is 23.8. The molecule has 11 rings (SSSR count). The summed E-state index contributed by atoms with van der Waals surface area (Å²) in [5.74, 6) is 1.74. The molecule has 44 heavy (non-hydrogen) atoms. The summed E-state index contributed by atoms with van der Waals surface area (Å²) >= 11 is 0. The highest BCUT2D eigenvalue weighted by Crippen LogP contribution is 2.68. The molecule has 2 spiro atoms. The van der Waals surface area contributed by atoms with E-state index in [1.165, 1.54) is 27.8 Å². The van der Waals surface area contributed by atoms with Crippen molar-refractivity contribution in [2.75, 3.05) is 0 Å². The summed E-state index contributed by atoms with van der Waals surface area (Å²) in [6.07, 6.45) is 4.42. The second-order valence-corrected chi connectivity index (χ2v) is 12.0. The van der Waals surface area contributed by atoms with Gasteiger partial charge < -0.3 is 9.47 Å². The van der Waals surface area contributed by atoms with Crippen LogP contribution in [0.1, 0.15) is 55.6 Å². The van der Waals surface area contributed by atoms with Crippen LogP contribution >= 0.6 is 0 Å². The van der Waals surface area contributed by atoms with Gasteiger partial charge in [0.1, 0.15) is 11.5 Å². The van der Waals surface area contributed by atoms with Crippen LogP contribution in [-0.2, 0) is 20.7 Å². The molecular weight excluding hydrogens is 536 g/mol. The first kappa shape index (κ1) is 23.9. The average Bonchev–Trinajstić information content (AvgIpc) is 3.11. The second kappa shape index (κ2) is 8.49. The summed E-state index contributed by atoms with van der Waals surface area (Å²) in [6.45, 7) is 0. The highest BCUT2D eigenvalue weighted by Gasteiger charge is 2.65. The fourth-order valence-corrected chi connectivity index (χ4v) is 8.00. The van der Waals surface area contributed by atoms with Crippen LogP contribution in [0.2, 0.25) is 0 Å². The van der Waals surface area contributed by atoms with Gasteiger partial charge >= 0.3 is 0 Å². The Hall–Kier alpha value is -5.60. The lowest BCUT2D eigenvalue weighted by Crippen LogP contribution is -2.55. The lowest BCUT2D eigenvalue weighted by molar-refractivity contribution is 0.0445. The largest absolute Gasteiger partial charge is 0.472 e. The van der Waals surface area contributed by atoms with Gasteiger partial charge in [0.2, 0.25) is 0 Å². The lowest BCUT2D eigenvalue weighted by atomic mass is 9.53. The minimum absolute atomic E-state index is 0.815. The van der Waals surface area contributed by atoms with Crippen LogP contribution in [0.5, 0.6) is 0 Å². The maximum absolute atomic E-state index is 7.46. The third kappa shape index (κ3) is 2.90. The number of benzene rings is 6. The highest BCUT2D eigenvalue weighted by atomic mass is 16.5. The number of hydrogen-bond acceptors (Lipinski definition) is 2. The molecule has 3 aliphatic carbocycles. The van der Waals surface area contributed by atoms with Crippen LogP contribution in [0.4, 0.5) is 0 Å². The molecule has 0 amide bonds. The molecule has 0 radical (unpaired) electrons. The molecule has 0 saturated heterocycles. The smallest absolute Gasteiger partial charge is 0.186 e. The minimum Gasteiger partial charge on any atom is -0.472 e. The summed E-state index contributed by atoms with van der Waals surface area (Å²) in [4.78, 5) is 0. The van der Waals surface area contributed by atoms with Crippen LogP contribution in [0, 0.1) is 0 Å². The fourth-order valence-electron chi connectivity index (χ4n) is 8.00. The maximum atomic E-state index is 7.46. The molecule has 6 aromatic rings. The van der Waals surface area contributed by atoms with Crippen molar-refractivity contribution in [2.24, 2.45) is 0 Å². The Morgan fingerprint density at radius 3 is 1.30 bits per heavy atom. The Labute approximate surface area is 256 Å². The van der Waals surface area contributed by atoms with Gasteiger partial charge in [-0.15, -0.1) is 0 Å². The van der Waals surface area contributed by atoms with Gasteiger partial charge in [-0.25, -0.2) is 0 Å². The van der Waals surface area contributed by atoms with Gasteiger partial charge in [0.15, 0.2) is 11.2 Å². The second-order valence-electron chi connectivity index (χ2n) is 12.0. The van der Waals surface area contributed by atoms with Gasteiger partial charge in [0.05, 0.1) is 0 Å². The molecule has 0 N–H and O–H groups in total. The minimum atomic E-state index is -0.833. The Balaban J connectivity index is 1.36. The van der Waals surface area contributed by atoms with E-state index in [2.05, 4.69) is 158 Å². The van der Waals surface area contributed by atoms with E-state index in [9.17, 15) is 0 Å². The Bertz CT molecular complexity index is 2210. The van der Waals surface area contributed by atoms with E-state index in [1.807, 2.05) is 0 Å². The number of ether oxygens (including phenoxy) is 2. The Morgan fingerprint density at radius 2 is 0.773 bits per heavy atom. The van der Waals surface area contributed by atoms with Crippen molar-refractivity contribution in [3.8, 4) is 11.1 Å². The lowest BCUT2D eigenvalue weighted by Gasteiger charge is -2.58. The van der Waals surface area contributed by atoms with Gasteiger partial charge in [-0.2, -0.15) is 0 Å². The topological polar surface area (TPSA) is 18.5 Å². The molecule has 2 aliphatic heterocycles. The van der Waals surface area contributed by atoms with Crippen LogP contribution in [0.25, 0.3) is 34.8 Å². The van der Waals surface area contributed by atoms with E-state index in [-0.39, 0.29) is 0 Å². The summed E-state index contributed by atoms with van der Waals surface area (Å²) in [7, 11) is 0. The molecule has 2 nitrogen and oxygen atoms in total. The van der Waals surface area contributed by atoms with Crippen molar-refractivity contribution >= 4 is 23.7 Å². The predicted molar refractivity (Wildman–Crippen MR) is 175 cm³/mol. The van der Waals surface area contributed by atoms with Crippen LogP contribution in [0.3, 0.4) is 0 Å². The molecule has 2 heteroatoms. The normalized spacial score (nSPS) is 21.1. The first-order chi connectivity index (χ1) is 21.8. The van der Waals surface area contributed by atoms with Crippen LogP contribution in [-0.4, -0.2) is 0 Å². The van der Waals surface area contributed by atoms with Crippen LogP contribution < -0.4 is 0 Å². The first-order valence-corrected chi connectivity index (χ1v) is 15.2. The van der Waals surface area contributed by atoms with E-state index < -0.39 is 11.2 Å². The Kier molecular flexibility index (Phi) is 4.61. The summed E-state index contributed by atoms with van der Waals surface area (Å²) in [6, 6.07) is 51.7. The van der Waals surface area contributed by atoms with Crippen molar-refractivity contribution in [3.05, 3.63) is 201 Å². The molecule has 2 unspecified atom stereocenters. The van der Waals surface area contributed by atoms with Crippen molar-refractivity contribution in [1.29, 1.82) is 0 Å². The van der Waals surface area contributed by atoms with Gasteiger partial charge in [-0.3, -0.25) is 0 Å². The average molecular weight is 563 g/mol. The molecule has 2 bridgehead atoms. The Morgan fingerprint density at radius 1 is 0.341 bits per heavy atom. The van der Waals surface area contributed by atoms with E-state index in [0.717, 1.165) is 50.5 Å². The quantitative estimate of drug-likeness (QED) is 0.214. The zero-order chi connectivity index (χ0) is 28.9. The SMILES string of the molecule is C1=C(c2ccccc2)OC23c4ccccc4C4(OC(c5ccccc5)=Cc5ccc1c2c54)c1cc(-c2ccccc2)ccc13. The molecule has 2 atom stereocenters. The predicted octanol–water partition coefficient (Wildman–Crippen LogP) is 9.62. The monoisotopic (exact) mass is 562 g/mol. The third-order valence-corrected chi connectivity index (χ3v) is 9.76. The van der Waals surface area contributed by atoms with Crippen molar-refractivity contribution < 1.29 is 9.47 Å². The van der Waals surface area contributed by atoms with E-state index >= 15 is 0 Å². The summed E-state index contributed by atoms with van der Waals surface area (Å²) < 4.78 is 14.9. The maximum Gasteiger partial charge on any atom is 0.186 e. The summed E-state index contributed by atoms with van der Waals surface area (Å²) in [5, 5.41) is 0. The van der Waals surface area contributed by atoms with E-state index in [4.69, 9.17) is 9.47 Å². The fraction of sp³-hybridized carbons (Fsp3) is 0.0476. The number of hydrogen-bond donors (Lipinski definition) is 0. The highest BCUT2D eigenvalue weighted by molar-refractivity contribution is 5.93. The molecule has 5 aliphatic rings. The van der Waals surface area contributed by atoms with E-state index in [1.54, 1.807) is 0 Å². The van der Waals surface area contributed by atoms with Crippen molar-refractivity contribution in [2.45, 2.75) is 11.2 Å². The first-order valence-electron chi connectivity index (χ1n) is 15.2. The van der Waals surface area contributed by atoms with Crippen molar-refractivity contribution in [3.63, 3.8) is 0 Å². The molecule has 0 fully saturated rings. The van der Waals surface area contributed by atoms with Gasteiger partial charge in [-0.1, -0.05) is 140 Å². The molecule has 6 aromatic carbocycles. The standard InChI is InChI=1S/C42H26O2/c1-4-12-27(13-5-1)30-22-23-35-36(24-30)42-34-19-11-10-18-33(34)41(35)39-31(25-37(43-41)28-14-6-2-7-15-28)20-21-32(40(39)42)26-38(44-42)29-16-8-3-9-17-29/h1-26H. The molecular formula is C42H26O2. The summed E-state index contributed by atoms with van der Waals surface area (Å²) in [5.41, 5.74) is 12.1. The molecule has 0 aromatic heterocycles. The molecule has 0 saturated carbocycles. The van der Waals surface area contributed by atoms with Crippen LogP contribution in [0.15, 0.2) is 146 Å². The molecule has 2 heterocycles. The van der Waals surface area contributed by atoms with Gasteiger partial charge in [0, 0.05) is 44.5 Å². The van der Waals surface area contributed by atoms with Gasteiger partial charge in [-0.05, 0) is 40.5 Å². The third-order valence-electron chi connectivity index (χ3n) is 9.76. The molecule has 206 valence electrons. The van der Waals surface area contributed by atoms with E-state index in [0.29, 0.717) is 0 Å². The zero-order valence-corrected chi connectivity index (χ0v) is 23.8. The van der Waals surface area contributed by atoms with Crippen molar-refractivity contribution in [1.82, 2.24) is 0 Å².